The van der Waals surface area contributed by atoms with E-state index in [1.807, 2.05) is 22.6 Å². The van der Waals surface area contributed by atoms with E-state index < -0.39 is 28.4 Å². The number of hydrogen-bond acceptors (Lipinski definition) is 5. The minimum absolute atomic E-state index is 0.173. The number of nitrogens with two attached hydrogens (primary N) is 1. The van der Waals surface area contributed by atoms with Crippen LogP contribution in [0, 0.1) is 3.57 Å². The molecule has 0 spiro atoms. The number of nitrogen functional groups attached to an aromatic ring is 1. The minimum Gasteiger partial charge on any atom is -0.461 e. The Hall–Kier alpha value is -0.870. The minimum atomic E-state index is -4.13. The van der Waals surface area contributed by atoms with Crippen LogP contribution in [0.5, 0.6) is 0 Å². The first-order chi connectivity index (χ1) is 7.79. The van der Waals surface area contributed by atoms with Crippen molar-refractivity contribution in [2.75, 3.05) is 18.1 Å². The second-order valence-electron chi connectivity index (χ2n) is 3.15. The Labute approximate surface area is 112 Å². The van der Waals surface area contributed by atoms with Crippen molar-refractivity contribution in [2.24, 2.45) is 0 Å². The molecule has 17 heavy (non-hydrogen) atoms. The van der Waals surface area contributed by atoms with Crippen LogP contribution in [-0.2, 0) is 14.9 Å². The van der Waals surface area contributed by atoms with Gasteiger partial charge in [0.15, 0.2) is 0 Å². The Balaban J connectivity index is 2.67. The zero-order valence-corrected chi connectivity index (χ0v) is 11.6. The number of carbonyl (C=O) groups excluding carboxylic acids is 1. The van der Waals surface area contributed by atoms with Crippen molar-refractivity contribution in [1.29, 1.82) is 0 Å². The Morgan fingerprint density at radius 2 is 2.12 bits per heavy atom. The van der Waals surface area contributed by atoms with Crippen LogP contribution in [0.3, 0.4) is 0 Å². The van der Waals surface area contributed by atoms with Gasteiger partial charge in [0.05, 0.1) is 5.56 Å². The van der Waals surface area contributed by atoms with Gasteiger partial charge in [-0.3, -0.25) is 4.55 Å². The van der Waals surface area contributed by atoms with Gasteiger partial charge in [-0.2, -0.15) is 8.42 Å². The number of benzene rings is 1. The highest BCUT2D eigenvalue weighted by atomic mass is 127. The normalized spacial score (nSPS) is 11.2. The van der Waals surface area contributed by atoms with Gasteiger partial charge >= 0.3 is 5.97 Å². The standard InChI is InChI=1S/C9H10INO5S/c10-6-1-2-8(11)7(5-6)9(12)16-3-4-17(13,14)15/h1-2,5H,3-4,11H2,(H,13,14,15). The molecule has 0 aliphatic heterocycles. The molecule has 1 rings (SSSR count). The number of hydrogen-bond donors (Lipinski definition) is 2. The van der Waals surface area contributed by atoms with E-state index in [4.69, 9.17) is 10.3 Å². The maximum Gasteiger partial charge on any atom is 0.340 e. The Morgan fingerprint density at radius 1 is 1.47 bits per heavy atom. The number of rotatable bonds is 4. The first-order valence-corrected chi connectivity index (χ1v) is 7.16. The first-order valence-electron chi connectivity index (χ1n) is 4.47. The van der Waals surface area contributed by atoms with Crippen LogP contribution in [0.25, 0.3) is 0 Å². The predicted molar refractivity (Wildman–Crippen MR) is 70.3 cm³/mol. The molecule has 0 heterocycles. The number of halogens is 1. The quantitative estimate of drug-likeness (QED) is 0.353. The number of esters is 1. The van der Waals surface area contributed by atoms with Gasteiger partial charge in [-0.05, 0) is 40.8 Å². The van der Waals surface area contributed by atoms with Gasteiger partial charge in [-0.15, -0.1) is 0 Å². The van der Waals surface area contributed by atoms with Crippen LogP contribution >= 0.6 is 22.6 Å². The van der Waals surface area contributed by atoms with E-state index in [9.17, 15) is 13.2 Å². The molecule has 6 nitrogen and oxygen atoms in total. The van der Waals surface area contributed by atoms with E-state index in [0.29, 0.717) is 0 Å². The van der Waals surface area contributed by atoms with Gasteiger partial charge in [0.1, 0.15) is 12.4 Å². The molecule has 0 aliphatic rings. The average Bonchev–Trinajstić information content (AvgIpc) is 2.19. The van der Waals surface area contributed by atoms with Gasteiger partial charge < -0.3 is 10.5 Å². The SMILES string of the molecule is Nc1ccc(I)cc1C(=O)OCCS(=O)(=O)O. The van der Waals surface area contributed by atoms with E-state index in [1.54, 1.807) is 12.1 Å². The molecule has 0 aliphatic carbocycles. The van der Waals surface area contributed by atoms with Gasteiger partial charge in [-0.1, -0.05) is 0 Å². The Bertz CT molecular complexity index is 528. The maximum atomic E-state index is 11.5. The summed E-state index contributed by atoms with van der Waals surface area (Å²) >= 11 is 2.01. The summed E-state index contributed by atoms with van der Waals surface area (Å²) in [5.41, 5.74) is 6.00. The van der Waals surface area contributed by atoms with Crippen LogP contribution in [-0.4, -0.2) is 31.3 Å². The summed E-state index contributed by atoms with van der Waals surface area (Å²) in [6.07, 6.45) is 0. The van der Waals surface area contributed by atoms with E-state index >= 15 is 0 Å². The third-order valence-electron chi connectivity index (χ3n) is 1.81. The third kappa shape index (κ3) is 4.88. The van der Waals surface area contributed by atoms with Crippen molar-refractivity contribution in [2.45, 2.75) is 0 Å². The van der Waals surface area contributed by atoms with Crippen LogP contribution < -0.4 is 5.73 Å². The molecule has 1 aromatic rings. The highest BCUT2D eigenvalue weighted by Crippen LogP contribution is 2.16. The molecule has 94 valence electrons. The number of carbonyl (C=O) groups is 1. The lowest BCUT2D eigenvalue weighted by atomic mass is 10.2. The largest absolute Gasteiger partial charge is 0.461 e. The molecule has 1 aromatic carbocycles. The molecule has 0 fully saturated rings. The Kier molecular flexibility index (Phi) is 4.71. The summed E-state index contributed by atoms with van der Waals surface area (Å²) in [6.45, 7) is -0.414. The molecule has 0 saturated heterocycles. The van der Waals surface area contributed by atoms with E-state index in [1.165, 1.54) is 6.07 Å². The van der Waals surface area contributed by atoms with Crippen LogP contribution in [0.4, 0.5) is 5.69 Å². The van der Waals surface area contributed by atoms with Crippen molar-refractivity contribution < 1.29 is 22.5 Å². The molecule has 0 bridgehead atoms. The van der Waals surface area contributed by atoms with Crippen molar-refractivity contribution in [3.8, 4) is 0 Å². The van der Waals surface area contributed by atoms with Crippen LogP contribution in [0.2, 0.25) is 0 Å². The summed E-state index contributed by atoms with van der Waals surface area (Å²) in [5, 5.41) is 0. The zero-order chi connectivity index (χ0) is 13.1. The van der Waals surface area contributed by atoms with Crippen molar-refractivity contribution in [3.63, 3.8) is 0 Å². The van der Waals surface area contributed by atoms with Crippen LogP contribution in [0.15, 0.2) is 18.2 Å². The Morgan fingerprint density at radius 3 is 2.71 bits per heavy atom. The zero-order valence-electron chi connectivity index (χ0n) is 8.59. The smallest absolute Gasteiger partial charge is 0.340 e. The predicted octanol–water partition coefficient (Wildman–Crippen LogP) is 0.918. The fourth-order valence-electron chi connectivity index (χ4n) is 1.02. The fourth-order valence-corrected chi connectivity index (χ4v) is 1.81. The topological polar surface area (TPSA) is 107 Å². The van der Waals surface area contributed by atoms with E-state index in [2.05, 4.69) is 4.74 Å². The fraction of sp³-hybridized carbons (Fsp3) is 0.222. The van der Waals surface area contributed by atoms with Gasteiger partial charge in [0.25, 0.3) is 10.1 Å². The van der Waals surface area contributed by atoms with Crippen molar-refractivity contribution >= 4 is 44.4 Å². The average molecular weight is 371 g/mol. The molecular formula is C9H10INO5S. The molecular weight excluding hydrogens is 361 g/mol. The number of anilines is 1. The lowest BCUT2D eigenvalue weighted by Crippen LogP contribution is -2.15. The molecule has 0 radical (unpaired) electrons. The lowest BCUT2D eigenvalue weighted by molar-refractivity contribution is 0.0529. The molecule has 8 heteroatoms. The summed E-state index contributed by atoms with van der Waals surface area (Å²) < 4.78 is 34.8. The molecule has 0 atom stereocenters. The highest BCUT2D eigenvalue weighted by molar-refractivity contribution is 14.1. The summed E-state index contributed by atoms with van der Waals surface area (Å²) in [6, 6.07) is 4.82. The van der Waals surface area contributed by atoms with Crippen LogP contribution in [0.1, 0.15) is 10.4 Å². The third-order valence-corrected chi connectivity index (χ3v) is 3.16. The summed E-state index contributed by atoms with van der Waals surface area (Å²) in [5.74, 6) is -1.35. The summed E-state index contributed by atoms with van der Waals surface area (Å²) in [7, 11) is -4.13. The van der Waals surface area contributed by atoms with E-state index in [0.717, 1.165) is 3.57 Å². The molecule has 3 N–H and O–H groups in total. The first kappa shape index (κ1) is 14.2. The monoisotopic (exact) mass is 371 g/mol. The molecule has 0 amide bonds. The van der Waals surface area contributed by atoms with Crippen molar-refractivity contribution in [3.05, 3.63) is 27.3 Å². The molecule has 0 saturated carbocycles. The van der Waals surface area contributed by atoms with Crippen molar-refractivity contribution in [1.82, 2.24) is 0 Å². The van der Waals surface area contributed by atoms with E-state index in [-0.39, 0.29) is 11.3 Å². The number of ether oxygens (including phenoxy) is 1. The second-order valence-corrected chi connectivity index (χ2v) is 5.97. The summed E-state index contributed by atoms with van der Waals surface area (Å²) in [4.78, 5) is 11.5. The van der Waals surface area contributed by atoms with Gasteiger partial charge in [0, 0.05) is 9.26 Å². The second kappa shape index (κ2) is 5.65. The molecule has 0 aromatic heterocycles. The van der Waals surface area contributed by atoms with Gasteiger partial charge in [-0.25, -0.2) is 4.79 Å². The maximum absolute atomic E-state index is 11.5. The lowest BCUT2D eigenvalue weighted by Gasteiger charge is -2.06. The highest BCUT2D eigenvalue weighted by Gasteiger charge is 2.13. The van der Waals surface area contributed by atoms with Gasteiger partial charge in [0.2, 0.25) is 0 Å². The molecule has 0 unspecified atom stereocenters.